The summed E-state index contributed by atoms with van der Waals surface area (Å²) < 4.78 is 41.1. The number of benzene rings is 2. The van der Waals surface area contributed by atoms with E-state index in [-0.39, 0.29) is 23.5 Å². The second kappa shape index (κ2) is 7.14. The van der Waals surface area contributed by atoms with Crippen LogP contribution in [-0.2, 0) is 9.59 Å². The second-order valence-electron chi connectivity index (χ2n) is 5.67. The van der Waals surface area contributed by atoms with Gasteiger partial charge in [-0.15, -0.1) is 13.2 Å². The van der Waals surface area contributed by atoms with E-state index in [4.69, 9.17) is 0 Å². The lowest BCUT2D eigenvalue weighted by Gasteiger charge is -2.13. The van der Waals surface area contributed by atoms with Gasteiger partial charge in [-0.2, -0.15) is 0 Å². The van der Waals surface area contributed by atoms with E-state index in [9.17, 15) is 22.8 Å². The number of anilines is 1. The predicted octanol–water partition coefficient (Wildman–Crippen LogP) is 3.80. The molecule has 2 aromatic rings. The summed E-state index contributed by atoms with van der Waals surface area (Å²) in [7, 11) is 0. The quantitative estimate of drug-likeness (QED) is 0.807. The molecular formula is C19H15F3N2O3. The summed E-state index contributed by atoms with van der Waals surface area (Å²) in [6.07, 6.45) is -4.83. The molecule has 27 heavy (non-hydrogen) atoms. The first kappa shape index (κ1) is 18.5. The molecule has 1 N–H and O–H groups in total. The van der Waals surface area contributed by atoms with E-state index < -0.39 is 23.9 Å². The monoisotopic (exact) mass is 376 g/mol. The molecular weight excluding hydrogens is 361 g/mol. The van der Waals surface area contributed by atoms with E-state index in [0.29, 0.717) is 5.56 Å². The summed E-state index contributed by atoms with van der Waals surface area (Å²) in [6.45, 7) is 1.84. The average Bonchev–Trinajstić information content (AvgIpc) is 2.84. The number of nitrogens with zero attached hydrogens (tertiary/aromatic N) is 1. The largest absolute Gasteiger partial charge is 0.573 e. The highest BCUT2D eigenvalue weighted by Gasteiger charge is 2.38. The molecule has 0 bridgehead atoms. The second-order valence-corrected chi connectivity index (χ2v) is 5.67. The molecule has 0 fully saturated rings. The van der Waals surface area contributed by atoms with Crippen LogP contribution in [0.1, 0.15) is 12.5 Å². The number of hydrogen-bond acceptors (Lipinski definition) is 4. The zero-order valence-electron chi connectivity index (χ0n) is 14.2. The van der Waals surface area contributed by atoms with Gasteiger partial charge in [-0.1, -0.05) is 36.4 Å². The lowest BCUT2D eigenvalue weighted by molar-refractivity contribution is -0.274. The van der Waals surface area contributed by atoms with Gasteiger partial charge in [0.05, 0.1) is 5.57 Å². The normalized spacial score (nSPS) is 14.7. The lowest BCUT2D eigenvalue weighted by Crippen LogP contribution is -2.32. The Morgan fingerprint density at radius 3 is 2.33 bits per heavy atom. The third-order valence-electron chi connectivity index (χ3n) is 3.88. The van der Waals surface area contributed by atoms with Crippen LogP contribution >= 0.6 is 0 Å². The van der Waals surface area contributed by atoms with Crippen molar-refractivity contribution in [3.8, 4) is 5.75 Å². The van der Waals surface area contributed by atoms with Crippen LogP contribution in [0.4, 0.5) is 18.9 Å². The highest BCUT2D eigenvalue weighted by atomic mass is 19.4. The van der Waals surface area contributed by atoms with Gasteiger partial charge >= 0.3 is 6.36 Å². The van der Waals surface area contributed by atoms with Crippen molar-refractivity contribution in [2.75, 3.05) is 11.9 Å². The van der Waals surface area contributed by atoms with Crippen LogP contribution in [0.3, 0.4) is 0 Å². The maximum atomic E-state index is 12.6. The van der Waals surface area contributed by atoms with Crippen molar-refractivity contribution in [3.63, 3.8) is 0 Å². The van der Waals surface area contributed by atoms with Crippen molar-refractivity contribution in [2.24, 2.45) is 0 Å². The van der Waals surface area contributed by atoms with Gasteiger partial charge in [0.1, 0.15) is 11.4 Å². The molecule has 0 atom stereocenters. The molecule has 0 saturated carbocycles. The molecule has 5 nitrogen and oxygen atoms in total. The number of carbonyl (C=O) groups is 2. The van der Waals surface area contributed by atoms with Crippen molar-refractivity contribution in [2.45, 2.75) is 13.3 Å². The van der Waals surface area contributed by atoms with Gasteiger partial charge < -0.3 is 10.1 Å². The van der Waals surface area contributed by atoms with E-state index in [1.165, 1.54) is 12.1 Å². The Hall–Kier alpha value is -3.29. The van der Waals surface area contributed by atoms with Crippen LogP contribution < -0.4 is 10.1 Å². The molecule has 2 amide bonds. The first-order valence-corrected chi connectivity index (χ1v) is 8.09. The van der Waals surface area contributed by atoms with Crippen molar-refractivity contribution in [1.29, 1.82) is 0 Å². The number of rotatable bonds is 5. The van der Waals surface area contributed by atoms with Gasteiger partial charge in [-0.25, -0.2) is 0 Å². The summed E-state index contributed by atoms with van der Waals surface area (Å²) in [6, 6.07) is 13.7. The third kappa shape index (κ3) is 3.94. The number of hydrogen-bond donors (Lipinski definition) is 1. The molecule has 2 aromatic carbocycles. The fourth-order valence-electron chi connectivity index (χ4n) is 2.77. The maximum absolute atomic E-state index is 12.6. The lowest BCUT2D eigenvalue weighted by atomic mass is 10.0. The van der Waals surface area contributed by atoms with Gasteiger partial charge in [0, 0.05) is 18.3 Å². The van der Waals surface area contributed by atoms with Crippen LogP contribution in [0.2, 0.25) is 0 Å². The number of likely N-dealkylation sites (N-methyl/N-ethyl adjacent to an activating group) is 1. The minimum Gasteiger partial charge on any atom is -0.406 e. The Bertz CT molecular complexity index is 908. The fraction of sp³-hybridized carbons (Fsp3) is 0.158. The van der Waals surface area contributed by atoms with Crippen LogP contribution in [0.25, 0.3) is 5.57 Å². The Labute approximate surface area is 153 Å². The zero-order chi connectivity index (χ0) is 19.6. The Morgan fingerprint density at radius 2 is 1.70 bits per heavy atom. The van der Waals surface area contributed by atoms with Crippen LogP contribution in [0.5, 0.6) is 5.75 Å². The van der Waals surface area contributed by atoms with Crippen molar-refractivity contribution in [1.82, 2.24) is 4.90 Å². The third-order valence-corrected chi connectivity index (χ3v) is 3.88. The van der Waals surface area contributed by atoms with Gasteiger partial charge in [0.15, 0.2) is 0 Å². The minimum atomic E-state index is -4.83. The molecule has 3 rings (SSSR count). The SMILES string of the molecule is CCN1C(=O)C(Nc2cccc(OC(F)(F)F)c2)=C(c2ccccc2)C1=O. The fourth-order valence-corrected chi connectivity index (χ4v) is 2.77. The molecule has 8 heteroatoms. The smallest absolute Gasteiger partial charge is 0.406 e. The molecule has 0 saturated heterocycles. The first-order chi connectivity index (χ1) is 12.8. The van der Waals surface area contributed by atoms with Gasteiger partial charge in [-0.05, 0) is 24.6 Å². The van der Waals surface area contributed by atoms with Crippen LogP contribution in [0.15, 0.2) is 60.3 Å². The number of amides is 2. The van der Waals surface area contributed by atoms with Gasteiger partial charge in [-0.3, -0.25) is 14.5 Å². The topological polar surface area (TPSA) is 58.6 Å². The number of imide groups is 1. The van der Waals surface area contributed by atoms with Crippen LogP contribution in [-0.4, -0.2) is 29.6 Å². The number of ether oxygens (including phenoxy) is 1. The van der Waals surface area contributed by atoms with Crippen LogP contribution in [0, 0.1) is 0 Å². The number of carbonyl (C=O) groups excluding carboxylic acids is 2. The molecule has 1 aliphatic rings. The molecule has 1 aliphatic heterocycles. The molecule has 0 spiro atoms. The molecule has 140 valence electrons. The zero-order valence-corrected chi connectivity index (χ0v) is 14.2. The molecule has 0 unspecified atom stereocenters. The molecule has 0 radical (unpaired) electrons. The Kier molecular flexibility index (Phi) is 4.89. The highest BCUT2D eigenvalue weighted by Crippen LogP contribution is 2.31. The van der Waals surface area contributed by atoms with Crippen molar-refractivity contribution < 1.29 is 27.5 Å². The number of alkyl halides is 3. The average molecular weight is 376 g/mol. The Balaban J connectivity index is 2.00. The molecule has 0 aromatic heterocycles. The summed E-state index contributed by atoms with van der Waals surface area (Å²) in [5.41, 5.74) is 0.915. The standard InChI is InChI=1S/C19H15F3N2O3/c1-2-24-17(25)15(12-7-4-3-5-8-12)16(18(24)26)23-13-9-6-10-14(11-13)27-19(20,21)22/h3-11,23H,2H2,1H3. The minimum absolute atomic E-state index is 0.0113. The van der Waals surface area contributed by atoms with E-state index >= 15 is 0 Å². The predicted molar refractivity (Wildman–Crippen MR) is 92.5 cm³/mol. The summed E-state index contributed by atoms with van der Waals surface area (Å²) >= 11 is 0. The maximum Gasteiger partial charge on any atom is 0.573 e. The summed E-state index contributed by atoms with van der Waals surface area (Å²) in [5.74, 6) is -1.43. The van der Waals surface area contributed by atoms with E-state index in [0.717, 1.165) is 17.0 Å². The molecule has 1 heterocycles. The van der Waals surface area contributed by atoms with Crippen molar-refractivity contribution >= 4 is 23.1 Å². The summed E-state index contributed by atoms with van der Waals surface area (Å²) in [5, 5.41) is 2.78. The number of halogens is 3. The van der Waals surface area contributed by atoms with Gasteiger partial charge in [0.25, 0.3) is 11.8 Å². The van der Waals surface area contributed by atoms with Crippen molar-refractivity contribution in [3.05, 3.63) is 65.9 Å². The van der Waals surface area contributed by atoms with Gasteiger partial charge in [0.2, 0.25) is 0 Å². The van der Waals surface area contributed by atoms with E-state index in [2.05, 4.69) is 10.1 Å². The Morgan fingerprint density at radius 1 is 1.00 bits per heavy atom. The molecule has 0 aliphatic carbocycles. The van der Waals surface area contributed by atoms with E-state index in [1.807, 2.05) is 0 Å². The number of nitrogens with one attached hydrogen (secondary N) is 1. The first-order valence-electron chi connectivity index (χ1n) is 8.09. The van der Waals surface area contributed by atoms with E-state index in [1.54, 1.807) is 37.3 Å². The highest BCUT2D eigenvalue weighted by molar-refractivity contribution is 6.36. The summed E-state index contributed by atoms with van der Waals surface area (Å²) in [4.78, 5) is 26.3.